The van der Waals surface area contributed by atoms with E-state index in [-0.39, 0.29) is 0 Å². The minimum absolute atomic E-state index is 0.373. The smallest absolute Gasteiger partial charge is 0.335 e. The maximum absolute atomic E-state index is 11.1. The predicted molar refractivity (Wildman–Crippen MR) is 79.2 cm³/mol. The number of hydrogen-bond acceptors (Lipinski definition) is 3. The maximum Gasteiger partial charge on any atom is 0.335 e. The fourth-order valence-corrected chi connectivity index (χ4v) is 3.01. The van der Waals surface area contributed by atoms with Gasteiger partial charge in [-0.05, 0) is 43.0 Å². The van der Waals surface area contributed by atoms with Gasteiger partial charge in [-0.15, -0.1) is 0 Å². The number of imidazole rings is 1. The largest absolute Gasteiger partial charge is 0.478 e. The van der Waals surface area contributed by atoms with Crippen LogP contribution in [0.5, 0.6) is 0 Å². The van der Waals surface area contributed by atoms with Gasteiger partial charge in [-0.25, -0.2) is 9.78 Å². The zero-order valence-corrected chi connectivity index (χ0v) is 11.8. The molecule has 0 amide bonds. The Morgan fingerprint density at radius 3 is 3.14 bits per heavy atom. The number of nitrogens with one attached hydrogen (secondary N) is 1. The van der Waals surface area contributed by atoms with Crippen LogP contribution in [-0.4, -0.2) is 39.0 Å². The zero-order chi connectivity index (χ0) is 14.7. The van der Waals surface area contributed by atoms with Crippen molar-refractivity contribution in [2.24, 2.45) is 0 Å². The van der Waals surface area contributed by atoms with Gasteiger partial charge in [0, 0.05) is 25.0 Å². The number of piperidine rings is 1. The molecule has 1 aromatic heterocycles. The lowest BCUT2D eigenvalue weighted by Crippen LogP contribution is -2.34. The Hall–Kier alpha value is -2.14. The summed E-state index contributed by atoms with van der Waals surface area (Å²) < 4.78 is 0. The summed E-state index contributed by atoms with van der Waals surface area (Å²) in [6.07, 6.45) is 5.81. The zero-order valence-electron chi connectivity index (χ0n) is 11.8. The average Bonchev–Trinajstić information content (AvgIpc) is 3.00. The highest BCUT2D eigenvalue weighted by molar-refractivity contribution is 5.87. The van der Waals surface area contributed by atoms with Crippen LogP contribution in [0, 0.1) is 0 Å². The normalized spacial score (nSPS) is 19.5. The highest BCUT2D eigenvalue weighted by atomic mass is 16.4. The van der Waals surface area contributed by atoms with E-state index in [1.54, 1.807) is 12.4 Å². The lowest BCUT2D eigenvalue weighted by Gasteiger charge is -2.32. The molecule has 0 saturated carbocycles. The van der Waals surface area contributed by atoms with Crippen LogP contribution in [0.3, 0.4) is 0 Å². The summed E-state index contributed by atoms with van der Waals surface area (Å²) in [5, 5.41) is 9.11. The summed E-state index contributed by atoms with van der Waals surface area (Å²) in [6.45, 7) is 2.91. The number of aromatic amines is 1. The number of nitrogens with zero attached hydrogens (tertiary/aromatic N) is 2. The van der Waals surface area contributed by atoms with Gasteiger partial charge in [0.15, 0.2) is 0 Å². The molecule has 21 heavy (non-hydrogen) atoms. The van der Waals surface area contributed by atoms with Crippen LogP contribution in [0.25, 0.3) is 0 Å². The SMILES string of the molecule is O=C(O)c1cccc([C@H]2CCCN(Cc3cnc[nH]3)C2)c1. The molecule has 0 unspecified atom stereocenters. The summed E-state index contributed by atoms with van der Waals surface area (Å²) in [5.74, 6) is -0.456. The number of aromatic carboxylic acids is 1. The van der Waals surface area contributed by atoms with Crippen LogP contribution >= 0.6 is 0 Å². The maximum atomic E-state index is 11.1. The Labute approximate surface area is 123 Å². The van der Waals surface area contributed by atoms with E-state index in [2.05, 4.69) is 14.9 Å². The number of rotatable bonds is 4. The van der Waals surface area contributed by atoms with Crippen molar-refractivity contribution in [3.8, 4) is 0 Å². The Bertz CT molecular complexity index is 610. The molecule has 0 spiro atoms. The molecule has 5 nitrogen and oxygen atoms in total. The Morgan fingerprint density at radius 2 is 2.38 bits per heavy atom. The third-order valence-electron chi connectivity index (χ3n) is 4.06. The van der Waals surface area contributed by atoms with Crippen molar-refractivity contribution in [1.29, 1.82) is 0 Å². The molecule has 2 N–H and O–H groups in total. The number of H-pyrrole nitrogens is 1. The number of aromatic nitrogens is 2. The number of benzene rings is 1. The Balaban J connectivity index is 1.70. The van der Waals surface area contributed by atoms with Crippen molar-refractivity contribution < 1.29 is 9.90 Å². The molecular formula is C16H19N3O2. The monoisotopic (exact) mass is 285 g/mol. The molecule has 2 heterocycles. The molecule has 1 saturated heterocycles. The molecule has 0 bridgehead atoms. The number of carboxylic acid groups (broad SMARTS) is 1. The third kappa shape index (κ3) is 3.31. The molecule has 2 aromatic rings. The van der Waals surface area contributed by atoms with E-state index >= 15 is 0 Å². The van der Waals surface area contributed by atoms with Crippen molar-refractivity contribution in [3.63, 3.8) is 0 Å². The molecule has 1 aromatic carbocycles. The van der Waals surface area contributed by atoms with Crippen molar-refractivity contribution >= 4 is 5.97 Å². The summed E-state index contributed by atoms with van der Waals surface area (Å²) >= 11 is 0. The quantitative estimate of drug-likeness (QED) is 0.905. The molecule has 3 rings (SSSR count). The van der Waals surface area contributed by atoms with Gasteiger partial charge in [-0.3, -0.25) is 4.90 Å². The Kier molecular flexibility index (Phi) is 4.01. The fourth-order valence-electron chi connectivity index (χ4n) is 3.01. The average molecular weight is 285 g/mol. The third-order valence-corrected chi connectivity index (χ3v) is 4.06. The number of hydrogen-bond donors (Lipinski definition) is 2. The minimum Gasteiger partial charge on any atom is -0.478 e. The van der Waals surface area contributed by atoms with E-state index in [9.17, 15) is 4.79 Å². The fraction of sp³-hybridized carbons (Fsp3) is 0.375. The number of carboxylic acids is 1. The van der Waals surface area contributed by atoms with Gasteiger partial charge >= 0.3 is 5.97 Å². The highest BCUT2D eigenvalue weighted by Gasteiger charge is 2.22. The predicted octanol–water partition coefficient (Wildman–Crippen LogP) is 2.49. The number of carbonyl (C=O) groups is 1. The second-order valence-corrected chi connectivity index (χ2v) is 5.58. The molecule has 5 heteroatoms. The van der Waals surface area contributed by atoms with E-state index in [1.807, 2.05) is 24.4 Å². The van der Waals surface area contributed by atoms with Crippen LogP contribution in [0.1, 0.15) is 40.4 Å². The first-order valence-electron chi connectivity index (χ1n) is 7.25. The first-order valence-corrected chi connectivity index (χ1v) is 7.25. The molecule has 1 atom stereocenters. The first-order chi connectivity index (χ1) is 10.2. The van der Waals surface area contributed by atoms with Crippen LogP contribution in [0.15, 0.2) is 36.8 Å². The summed E-state index contributed by atoms with van der Waals surface area (Å²) in [5.41, 5.74) is 2.62. The second kappa shape index (κ2) is 6.10. The van der Waals surface area contributed by atoms with Crippen molar-refractivity contribution in [1.82, 2.24) is 14.9 Å². The molecule has 0 aliphatic carbocycles. The van der Waals surface area contributed by atoms with E-state index in [1.165, 1.54) is 0 Å². The summed E-state index contributed by atoms with van der Waals surface area (Å²) in [4.78, 5) is 20.7. The summed E-state index contributed by atoms with van der Waals surface area (Å²) in [7, 11) is 0. The van der Waals surface area contributed by atoms with Crippen LogP contribution in [0.4, 0.5) is 0 Å². The minimum atomic E-state index is -0.859. The van der Waals surface area contributed by atoms with E-state index in [0.717, 1.165) is 43.7 Å². The van der Waals surface area contributed by atoms with E-state index < -0.39 is 5.97 Å². The van der Waals surface area contributed by atoms with Gasteiger partial charge in [0.1, 0.15) is 0 Å². The molecule has 1 aliphatic rings. The topological polar surface area (TPSA) is 69.2 Å². The van der Waals surface area contributed by atoms with Crippen LogP contribution < -0.4 is 0 Å². The Morgan fingerprint density at radius 1 is 1.48 bits per heavy atom. The molecule has 1 fully saturated rings. The lowest BCUT2D eigenvalue weighted by molar-refractivity contribution is 0.0696. The highest BCUT2D eigenvalue weighted by Crippen LogP contribution is 2.28. The van der Waals surface area contributed by atoms with Gasteiger partial charge in [0.2, 0.25) is 0 Å². The second-order valence-electron chi connectivity index (χ2n) is 5.58. The lowest BCUT2D eigenvalue weighted by atomic mass is 9.89. The summed E-state index contributed by atoms with van der Waals surface area (Å²) in [6, 6.07) is 7.34. The van der Waals surface area contributed by atoms with Crippen molar-refractivity contribution in [2.75, 3.05) is 13.1 Å². The molecular weight excluding hydrogens is 266 g/mol. The van der Waals surface area contributed by atoms with Gasteiger partial charge < -0.3 is 10.1 Å². The van der Waals surface area contributed by atoms with E-state index in [4.69, 9.17) is 5.11 Å². The first kappa shape index (κ1) is 13.8. The molecule has 0 radical (unpaired) electrons. The number of likely N-dealkylation sites (tertiary alicyclic amines) is 1. The van der Waals surface area contributed by atoms with Crippen molar-refractivity contribution in [2.45, 2.75) is 25.3 Å². The standard InChI is InChI=1S/C16H19N3O2/c20-16(21)13-4-1-3-12(7-13)14-5-2-6-19(9-14)10-15-8-17-11-18-15/h1,3-4,7-8,11,14H,2,5-6,9-10H2,(H,17,18)(H,20,21)/t14-/m0/s1. The van der Waals surface area contributed by atoms with Crippen LogP contribution in [0.2, 0.25) is 0 Å². The molecule has 1 aliphatic heterocycles. The van der Waals surface area contributed by atoms with Crippen molar-refractivity contribution in [3.05, 3.63) is 53.6 Å². The van der Waals surface area contributed by atoms with Crippen LogP contribution in [-0.2, 0) is 6.54 Å². The van der Waals surface area contributed by atoms with Gasteiger partial charge in [0.05, 0.1) is 11.9 Å². The van der Waals surface area contributed by atoms with E-state index in [0.29, 0.717) is 11.5 Å². The van der Waals surface area contributed by atoms with Gasteiger partial charge in [-0.2, -0.15) is 0 Å². The molecule has 110 valence electrons. The van der Waals surface area contributed by atoms with Gasteiger partial charge in [-0.1, -0.05) is 12.1 Å². The van der Waals surface area contributed by atoms with Gasteiger partial charge in [0.25, 0.3) is 0 Å².